The molecule has 6 heteroatoms. The summed E-state index contributed by atoms with van der Waals surface area (Å²) in [6.45, 7) is 6.94. The van der Waals surface area contributed by atoms with Gasteiger partial charge in [0.25, 0.3) is 0 Å². The summed E-state index contributed by atoms with van der Waals surface area (Å²) in [6.07, 6.45) is 0. The Labute approximate surface area is 566 Å². The molecule has 21 rings (SSSR count). The van der Waals surface area contributed by atoms with E-state index in [1.54, 1.807) is 0 Å². The van der Waals surface area contributed by atoms with E-state index in [0.29, 0.717) is 0 Å². The van der Waals surface area contributed by atoms with Gasteiger partial charge in [0.05, 0.1) is 0 Å². The van der Waals surface area contributed by atoms with Crippen LogP contribution in [0.3, 0.4) is 0 Å². The van der Waals surface area contributed by atoms with E-state index in [2.05, 4.69) is 326 Å². The van der Waals surface area contributed by atoms with E-state index in [1.165, 1.54) is 204 Å². The van der Waals surface area contributed by atoms with Gasteiger partial charge in [0, 0.05) is 0 Å². The van der Waals surface area contributed by atoms with Gasteiger partial charge in [-0.25, -0.2) is 0 Å². The van der Waals surface area contributed by atoms with Crippen molar-refractivity contribution in [2.75, 3.05) is 0 Å². The van der Waals surface area contributed by atoms with Crippen molar-refractivity contribution in [3.63, 3.8) is 0 Å². The Morgan fingerprint density at radius 3 is 1.27 bits per heavy atom. The van der Waals surface area contributed by atoms with Crippen LogP contribution >= 0.6 is 0 Å². The third kappa shape index (κ3) is 8.02. The van der Waals surface area contributed by atoms with Crippen LogP contribution in [0.25, 0.3) is 154 Å². The molecule has 0 saturated carbocycles. The van der Waals surface area contributed by atoms with E-state index in [-0.39, 0.29) is 41.6 Å². The Morgan fingerprint density at radius 1 is 0.281 bits per heavy atom. The molecule has 0 bridgehead atoms. The van der Waals surface area contributed by atoms with Crippen molar-refractivity contribution in [3.8, 4) is 28.2 Å². The van der Waals surface area contributed by atoms with Gasteiger partial charge < -0.3 is 0 Å². The summed E-state index contributed by atoms with van der Waals surface area (Å²) < 4.78 is 13.3. The van der Waals surface area contributed by atoms with Crippen LogP contribution in [0.1, 0.15) is 39.3 Å². The molecule has 0 aliphatic heterocycles. The average Bonchev–Trinajstić information content (AvgIpc) is 1.56. The van der Waals surface area contributed by atoms with Crippen LogP contribution < -0.4 is 16.4 Å². The van der Waals surface area contributed by atoms with Crippen molar-refractivity contribution in [2.24, 2.45) is 0 Å². The second-order valence-electron chi connectivity index (χ2n) is 26.9. The number of aromatic nitrogens is 3. The Bertz CT molecular complexity index is 6760. The number of benzene rings is 15. The van der Waals surface area contributed by atoms with E-state index >= 15 is 0 Å². The molecule has 5 heterocycles. The van der Waals surface area contributed by atoms with Crippen LogP contribution in [0.5, 0.6) is 0 Å². The van der Waals surface area contributed by atoms with E-state index in [1.807, 2.05) is 0 Å². The zero-order chi connectivity index (χ0) is 63.2. The van der Waals surface area contributed by atoms with Crippen molar-refractivity contribution in [3.05, 3.63) is 325 Å². The van der Waals surface area contributed by atoms with Gasteiger partial charge in [0.1, 0.15) is 0 Å². The van der Waals surface area contributed by atoms with Crippen LogP contribution in [0.4, 0.5) is 0 Å². The molecule has 1 aliphatic carbocycles. The van der Waals surface area contributed by atoms with Crippen molar-refractivity contribution in [1.29, 1.82) is 0 Å². The molecule has 0 radical (unpaired) electrons. The molecule has 0 saturated heterocycles. The fraction of sp³-hybridized carbons (Fsp3) is 0.0444. The van der Waals surface area contributed by atoms with Gasteiger partial charge >= 0.3 is 489 Å². The second kappa shape index (κ2) is 20.7. The summed E-state index contributed by atoms with van der Waals surface area (Å²) in [5.74, 6) is 0.0937. The van der Waals surface area contributed by atoms with Gasteiger partial charge in [-0.3, -0.25) is 0 Å². The molecule has 0 amide bonds. The Balaban J connectivity index is 0.708. The van der Waals surface area contributed by atoms with Gasteiger partial charge in [-0.15, -0.1) is 0 Å². The molecule has 0 N–H and O–H groups in total. The maximum atomic E-state index is 2.60. The normalized spacial score (nSPS) is 13.3. The number of rotatable bonds is 7. The summed E-state index contributed by atoms with van der Waals surface area (Å²) in [7, 11) is 0. The first-order valence-electron chi connectivity index (χ1n) is 33.4. The number of hydrogen-bond donors (Lipinski definition) is 0. The molecular weight excluding hydrogens is 1290 g/mol. The van der Waals surface area contributed by atoms with Crippen LogP contribution in [0, 0.1) is 20.8 Å². The minimum atomic E-state index is 0.0184. The predicted octanol–water partition coefficient (Wildman–Crippen LogP) is 20.6. The van der Waals surface area contributed by atoms with Crippen molar-refractivity contribution < 1.29 is 0 Å². The molecule has 448 valence electrons. The number of fused-ring (bicyclic) bond motifs is 20. The molecule has 0 fully saturated rings. The summed E-state index contributed by atoms with van der Waals surface area (Å²) in [5.41, 5.74) is 25.7. The molecular formula is C90H58BN3Se2. The number of hydrogen-bond acceptors (Lipinski definition) is 0. The summed E-state index contributed by atoms with van der Waals surface area (Å²) >= 11 is 0.357. The standard InChI is InChI=1S/C90H58BN3Se2/c1-52-40-53(2)90(54(3)41-52)91(60-31-37-86-75(45-60)74-44-59(30-36-85(74)95-86)89-69-24-9-8-20-65(69)70-49-82-71(48-78(70)89)66-21-10-13-25-79(66)92(82)62-33-28-55-16-4-6-18-57(55)42-62)61-32-38-87-76(46-61)77-47-64(35-39-88(77)96-87)94-81-27-15-12-23-68(81)73-50-83-72(51-84(73)94)67-22-11-14-26-80(67)93(83)63-34-29-56-17-5-7-19-58(56)43-63/h4-51,89H,1-3H3. The van der Waals surface area contributed by atoms with Gasteiger partial charge in [-0.05, 0) is 21.5 Å². The molecule has 96 heavy (non-hydrogen) atoms. The molecule has 0 spiro atoms. The topological polar surface area (TPSA) is 14.8 Å². The predicted molar refractivity (Wildman–Crippen MR) is 413 cm³/mol. The third-order valence-corrected chi connectivity index (χ3v) is 26.3. The maximum absolute atomic E-state index is 2.60. The van der Waals surface area contributed by atoms with Crippen LogP contribution in [-0.4, -0.2) is 49.4 Å². The zero-order valence-corrected chi connectivity index (χ0v) is 56.5. The van der Waals surface area contributed by atoms with Crippen molar-refractivity contribution in [1.82, 2.24) is 13.7 Å². The molecule has 1 atom stereocenters. The van der Waals surface area contributed by atoms with E-state index in [4.69, 9.17) is 0 Å². The number of aryl methyl sites for hydroxylation is 3. The van der Waals surface area contributed by atoms with E-state index < -0.39 is 0 Å². The molecule has 20 aromatic rings. The van der Waals surface area contributed by atoms with Crippen molar-refractivity contribution >= 4 is 178 Å². The molecule has 1 unspecified atom stereocenters. The number of para-hydroxylation sites is 3. The average molecular weight is 1350 g/mol. The van der Waals surface area contributed by atoms with Gasteiger partial charge in [-0.2, -0.15) is 0 Å². The number of nitrogens with zero attached hydrogens (tertiary/aromatic N) is 3. The summed E-state index contributed by atoms with van der Waals surface area (Å²) in [5, 5.41) is 18.1. The molecule has 3 nitrogen and oxygen atoms in total. The molecule has 15 aromatic carbocycles. The van der Waals surface area contributed by atoms with Crippen LogP contribution in [-0.2, 0) is 0 Å². The molecule has 1 aliphatic rings. The SMILES string of the molecule is Cc1cc(C)c(B(c2ccc3[se]c4ccc(C5c6ccccc6-c6cc7c(cc65)c5ccccc5n7-c5ccc6ccccc6c5)cc4c3c2)c2ccc3[se]c4ccc(-n5c6ccccc6c6cc7c(cc65)c5ccccc5n7-c5ccc6ccccc6c5)cc4c3c2)c(C)c1. The van der Waals surface area contributed by atoms with Gasteiger partial charge in [0.2, 0.25) is 0 Å². The van der Waals surface area contributed by atoms with E-state index in [9.17, 15) is 0 Å². The second-order valence-corrected chi connectivity index (χ2v) is 31.4. The van der Waals surface area contributed by atoms with E-state index in [0.717, 1.165) is 0 Å². The summed E-state index contributed by atoms with van der Waals surface area (Å²) in [4.78, 5) is 0. The first kappa shape index (κ1) is 54.7. The fourth-order valence-electron chi connectivity index (χ4n) is 17.4. The Morgan fingerprint density at radius 2 is 0.708 bits per heavy atom. The third-order valence-electron chi connectivity index (χ3n) is 21.4. The summed E-state index contributed by atoms with van der Waals surface area (Å²) in [6, 6.07) is 112. The van der Waals surface area contributed by atoms with Crippen molar-refractivity contribution in [2.45, 2.75) is 26.7 Å². The zero-order valence-electron chi connectivity index (χ0n) is 53.0. The Kier molecular flexibility index (Phi) is 11.8. The Hall–Kier alpha value is -10.7. The first-order valence-corrected chi connectivity index (χ1v) is 36.8. The fourth-order valence-corrected chi connectivity index (χ4v) is 21.8. The minimum absolute atomic E-state index is 0.0184. The van der Waals surface area contributed by atoms with Gasteiger partial charge in [-0.1, -0.05) is 60.7 Å². The molecule has 5 aromatic heterocycles. The quantitative estimate of drug-likeness (QED) is 0.141. The van der Waals surface area contributed by atoms with Crippen LogP contribution in [0.2, 0.25) is 0 Å². The van der Waals surface area contributed by atoms with Crippen LogP contribution in [0.15, 0.2) is 291 Å². The monoisotopic (exact) mass is 1350 g/mol. The first-order chi connectivity index (χ1) is 47.3. The van der Waals surface area contributed by atoms with Gasteiger partial charge in [0.15, 0.2) is 0 Å².